The number of benzene rings is 1. The summed E-state index contributed by atoms with van der Waals surface area (Å²) < 4.78 is 1.90. The van der Waals surface area contributed by atoms with Gasteiger partial charge in [0.05, 0.1) is 12.1 Å². The van der Waals surface area contributed by atoms with E-state index in [-0.39, 0.29) is 11.7 Å². The number of aromatic nitrogens is 3. The van der Waals surface area contributed by atoms with E-state index >= 15 is 0 Å². The summed E-state index contributed by atoms with van der Waals surface area (Å²) >= 11 is 0. The number of fused-ring (bicyclic) bond motifs is 1. The van der Waals surface area contributed by atoms with Crippen molar-refractivity contribution in [1.29, 1.82) is 0 Å². The fraction of sp³-hybridized carbons (Fsp3) is 0.316. The predicted molar refractivity (Wildman–Crippen MR) is 91.5 cm³/mol. The van der Waals surface area contributed by atoms with Crippen molar-refractivity contribution in [1.82, 2.24) is 14.8 Å². The molecule has 2 aromatic heterocycles. The number of hydrogen-bond acceptors (Lipinski definition) is 3. The van der Waals surface area contributed by atoms with Gasteiger partial charge in [-0.25, -0.2) is 0 Å². The number of carbonyl (C=O) groups excluding carboxylic acids is 1. The molecule has 0 bridgehead atoms. The Kier molecular flexibility index (Phi) is 4.51. The monoisotopic (exact) mass is 307 g/mol. The molecular weight excluding hydrogens is 286 g/mol. The Bertz CT molecular complexity index is 808. The maximum absolute atomic E-state index is 12.7. The Morgan fingerprint density at radius 2 is 2.04 bits per heavy atom. The van der Waals surface area contributed by atoms with Gasteiger partial charge in [0.15, 0.2) is 5.78 Å². The van der Waals surface area contributed by atoms with E-state index in [0.717, 1.165) is 29.3 Å². The van der Waals surface area contributed by atoms with E-state index < -0.39 is 0 Å². The van der Waals surface area contributed by atoms with Crippen LogP contribution in [-0.4, -0.2) is 20.5 Å². The second-order valence-electron chi connectivity index (χ2n) is 5.94. The zero-order valence-electron chi connectivity index (χ0n) is 13.6. The lowest BCUT2D eigenvalue weighted by Crippen LogP contribution is -2.13. The molecule has 0 spiro atoms. The number of Topliss-reactive ketones (excluding diaryl/α,β-unsaturated/α-hetero) is 1. The number of rotatable bonds is 6. The van der Waals surface area contributed by atoms with Crippen LogP contribution in [0.1, 0.15) is 42.7 Å². The van der Waals surface area contributed by atoms with Gasteiger partial charge in [0.25, 0.3) is 0 Å². The molecule has 4 nitrogen and oxygen atoms in total. The average Bonchev–Trinajstić information content (AvgIpc) is 2.94. The first-order valence-corrected chi connectivity index (χ1v) is 8.09. The minimum absolute atomic E-state index is 0.00477. The molecule has 0 saturated heterocycles. The number of para-hydroxylation sites is 1. The molecule has 23 heavy (non-hydrogen) atoms. The number of nitrogens with zero attached hydrogens (tertiary/aromatic N) is 3. The SMILES string of the molecule is CCCC(C)C(=O)c1nn(Cc2cccnc2)c2ccccc12. The van der Waals surface area contributed by atoms with Gasteiger partial charge < -0.3 is 0 Å². The number of hydrogen-bond donors (Lipinski definition) is 0. The zero-order chi connectivity index (χ0) is 16.2. The molecule has 3 aromatic rings. The highest BCUT2D eigenvalue weighted by Gasteiger charge is 2.21. The quantitative estimate of drug-likeness (QED) is 0.644. The summed E-state index contributed by atoms with van der Waals surface area (Å²) in [4.78, 5) is 16.9. The topological polar surface area (TPSA) is 47.8 Å². The van der Waals surface area contributed by atoms with Crippen molar-refractivity contribution in [3.8, 4) is 0 Å². The van der Waals surface area contributed by atoms with Crippen LogP contribution in [0.4, 0.5) is 0 Å². The lowest BCUT2D eigenvalue weighted by atomic mass is 9.97. The van der Waals surface area contributed by atoms with Gasteiger partial charge in [-0.2, -0.15) is 5.10 Å². The highest BCUT2D eigenvalue weighted by molar-refractivity contribution is 6.06. The Balaban J connectivity index is 2.01. The molecule has 0 amide bonds. The fourth-order valence-electron chi connectivity index (χ4n) is 2.89. The Labute approximate surface area is 136 Å². The van der Waals surface area contributed by atoms with Gasteiger partial charge in [0.2, 0.25) is 0 Å². The Hall–Kier alpha value is -2.49. The molecular formula is C19H21N3O. The number of ketones is 1. The highest BCUT2D eigenvalue weighted by atomic mass is 16.1. The third-order valence-electron chi connectivity index (χ3n) is 4.12. The van der Waals surface area contributed by atoms with Crippen LogP contribution in [0.3, 0.4) is 0 Å². The first-order chi connectivity index (χ1) is 11.2. The lowest BCUT2D eigenvalue weighted by molar-refractivity contribution is 0.0919. The maximum Gasteiger partial charge on any atom is 0.186 e. The van der Waals surface area contributed by atoms with Gasteiger partial charge >= 0.3 is 0 Å². The summed E-state index contributed by atoms with van der Waals surface area (Å²) in [5, 5.41) is 5.56. The van der Waals surface area contributed by atoms with Crippen LogP contribution in [0.15, 0.2) is 48.8 Å². The second-order valence-corrected chi connectivity index (χ2v) is 5.94. The van der Waals surface area contributed by atoms with Crippen LogP contribution in [-0.2, 0) is 6.54 Å². The summed E-state index contributed by atoms with van der Waals surface area (Å²) in [6.07, 6.45) is 5.48. The van der Waals surface area contributed by atoms with Crippen LogP contribution < -0.4 is 0 Å². The summed E-state index contributed by atoms with van der Waals surface area (Å²) in [5.41, 5.74) is 2.65. The maximum atomic E-state index is 12.7. The minimum atomic E-state index is 0.00477. The smallest absolute Gasteiger partial charge is 0.186 e. The Morgan fingerprint density at radius 1 is 1.22 bits per heavy atom. The van der Waals surface area contributed by atoms with Crippen LogP contribution in [0.2, 0.25) is 0 Å². The molecule has 2 heterocycles. The number of carbonyl (C=O) groups is 1. The molecule has 3 rings (SSSR count). The normalized spacial score (nSPS) is 12.4. The number of pyridine rings is 1. The molecule has 1 atom stereocenters. The molecule has 0 radical (unpaired) electrons. The van der Waals surface area contributed by atoms with E-state index in [2.05, 4.69) is 17.0 Å². The van der Waals surface area contributed by atoms with E-state index in [1.165, 1.54) is 0 Å². The van der Waals surface area contributed by atoms with Crippen LogP contribution in [0, 0.1) is 5.92 Å². The van der Waals surface area contributed by atoms with Crippen molar-refractivity contribution in [3.05, 3.63) is 60.0 Å². The van der Waals surface area contributed by atoms with E-state index in [1.54, 1.807) is 6.20 Å². The zero-order valence-corrected chi connectivity index (χ0v) is 13.6. The first kappa shape index (κ1) is 15.4. The molecule has 1 unspecified atom stereocenters. The first-order valence-electron chi connectivity index (χ1n) is 8.09. The van der Waals surface area contributed by atoms with Crippen molar-refractivity contribution >= 4 is 16.7 Å². The summed E-state index contributed by atoms with van der Waals surface area (Å²) in [6, 6.07) is 11.9. The van der Waals surface area contributed by atoms with Gasteiger partial charge in [-0.1, -0.05) is 44.5 Å². The van der Waals surface area contributed by atoms with Crippen LogP contribution >= 0.6 is 0 Å². The third-order valence-corrected chi connectivity index (χ3v) is 4.12. The van der Waals surface area contributed by atoms with Crippen molar-refractivity contribution in [2.24, 2.45) is 5.92 Å². The molecule has 0 N–H and O–H groups in total. The Morgan fingerprint density at radius 3 is 2.78 bits per heavy atom. The molecule has 4 heteroatoms. The third kappa shape index (κ3) is 3.16. The van der Waals surface area contributed by atoms with Gasteiger partial charge in [-0.05, 0) is 24.1 Å². The van der Waals surface area contributed by atoms with Gasteiger partial charge in [-0.15, -0.1) is 0 Å². The van der Waals surface area contributed by atoms with E-state index in [9.17, 15) is 4.79 Å². The van der Waals surface area contributed by atoms with Crippen molar-refractivity contribution < 1.29 is 4.79 Å². The largest absolute Gasteiger partial charge is 0.292 e. The average molecular weight is 307 g/mol. The summed E-state index contributed by atoms with van der Waals surface area (Å²) in [7, 11) is 0. The summed E-state index contributed by atoms with van der Waals surface area (Å²) in [6.45, 7) is 4.70. The molecule has 0 saturated carbocycles. The molecule has 0 aliphatic heterocycles. The van der Waals surface area contributed by atoms with Crippen molar-refractivity contribution in [2.45, 2.75) is 33.2 Å². The molecule has 0 aliphatic rings. The van der Waals surface area contributed by atoms with Crippen LogP contribution in [0.25, 0.3) is 10.9 Å². The van der Waals surface area contributed by atoms with Crippen molar-refractivity contribution in [2.75, 3.05) is 0 Å². The molecule has 118 valence electrons. The van der Waals surface area contributed by atoms with Crippen molar-refractivity contribution in [3.63, 3.8) is 0 Å². The predicted octanol–water partition coefficient (Wildman–Crippen LogP) is 4.10. The standard InChI is InChI=1S/C19H21N3O/c1-3-7-14(2)19(23)18-16-9-4-5-10-17(16)22(21-18)13-15-8-6-11-20-12-15/h4-6,8-12,14H,3,7,13H2,1-2H3. The van der Waals surface area contributed by atoms with Gasteiger partial charge in [0.1, 0.15) is 5.69 Å². The molecule has 0 aliphatic carbocycles. The molecule has 0 fully saturated rings. The highest BCUT2D eigenvalue weighted by Crippen LogP contribution is 2.23. The lowest BCUT2D eigenvalue weighted by Gasteiger charge is -2.06. The molecule has 1 aromatic carbocycles. The fourth-order valence-corrected chi connectivity index (χ4v) is 2.89. The van der Waals surface area contributed by atoms with Gasteiger partial charge in [0, 0.05) is 23.7 Å². The summed E-state index contributed by atoms with van der Waals surface area (Å²) in [5.74, 6) is 0.137. The van der Waals surface area contributed by atoms with E-state index in [0.29, 0.717) is 12.2 Å². The van der Waals surface area contributed by atoms with E-state index in [4.69, 9.17) is 0 Å². The van der Waals surface area contributed by atoms with Gasteiger partial charge in [-0.3, -0.25) is 14.5 Å². The second kappa shape index (κ2) is 6.73. The van der Waals surface area contributed by atoms with E-state index in [1.807, 2.05) is 54.2 Å². The minimum Gasteiger partial charge on any atom is -0.292 e. The van der Waals surface area contributed by atoms with Crippen LogP contribution in [0.5, 0.6) is 0 Å².